The van der Waals surface area contributed by atoms with E-state index in [4.69, 9.17) is 50.8 Å². The fourth-order valence-corrected chi connectivity index (χ4v) is 8.16. The predicted octanol–water partition coefficient (Wildman–Crippen LogP) is -0.310. The van der Waals surface area contributed by atoms with Gasteiger partial charge in [-0.25, -0.2) is 28.9 Å². The van der Waals surface area contributed by atoms with Gasteiger partial charge in [-0.2, -0.15) is 4.98 Å². The van der Waals surface area contributed by atoms with Crippen molar-refractivity contribution in [3.05, 3.63) is 29.3 Å². The van der Waals surface area contributed by atoms with Gasteiger partial charge < -0.3 is 35.5 Å². The average molecular weight is 709 g/mol. The molecule has 25 heteroatoms. The maximum absolute atomic E-state index is 16.0. The van der Waals surface area contributed by atoms with E-state index >= 15 is 4.39 Å². The van der Waals surface area contributed by atoms with Crippen LogP contribution in [0.3, 0.4) is 0 Å². The van der Waals surface area contributed by atoms with Crippen molar-refractivity contribution in [2.45, 2.75) is 49.1 Å². The minimum Gasteiger partial charge on any atom is -0.387 e. The Labute approximate surface area is 260 Å². The maximum atomic E-state index is 16.0. The minimum absolute atomic E-state index is 0.0449. The smallest absolute Gasteiger partial charge is 0.386 e. The summed E-state index contributed by atoms with van der Waals surface area (Å²) in [7, 11) is 0. The lowest BCUT2D eigenvalue weighted by atomic mass is 10.1. The molecule has 3 fully saturated rings. The zero-order valence-electron chi connectivity index (χ0n) is 22.3. The fourth-order valence-electron chi connectivity index (χ4n) is 5.26. The number of fused-ring (bicyclic) bond motifs is 5. The van der Waals surface area contributed by atoms with Crippen LogP contribution in [-0.4, -0.2) is 98.9 Å². The van der Waals surface area contributed by atoms with Crippen molar-refractivity contribution in [3.8, 4) is 0 Å². The molecule has 3 saturated heterocycles. The molecular weight excluding hydrogens is 685 g/mol. The lowest BCUT2D eigenvalue weighted by molar-refractivity contribution is -0.0584. The van der Waals surface area contributed by atoms with Gasteiger partial charge in [-0.05, 0) is 11.8 Å². The Morgan fingerprint density at radius 1 is 1.00 bits per heavy atom. The number of nitrogen functional groups attached to an aromatic ring is 2. The van der Waals surface area contributed by atoms with Crippen molar-refractivity contribution < 1.29 is 46.5 Å². The van der Waals surface area contributed by atoms with Crippen LogP contribution in [-0.2, 0) is 43.9 Å². The minimum atomic E-state index is -4.41. The summed E-state index contributed by atoms with van der Waals surface area (Å²) in [6.07, 6.45) is -8.57. The number of H-pyrrole nitrogens is 1. The first-order valence-corrected chi connectivity index (χ1v) is 18.2. The Kier molecular flexibility index (Phi) is 7.74. The molecule has 3 aliphatic heterocycles. The number of nitrogens with two attached hydrogens (primary N) is 2. The molecule has 0 saturated carbocycles. The van der Waals surface area contributed by atoms with E-state index in [2.05, 4.69) is 42.2 Å². The van der Waals surface area contributed by atoms with Crippen LogP contribution in [0.5, 0.6) is 0 Å². The number of aliphatic hydroxyl groups is 1. The van der Waals surface area contributed by atoms with Crippen molar-refractivity contribution in [1.29, 1.82) is 0 Å². The molecule has 7 rings (SSSR count). The number of aromatic nitrogens is 8. The standard InChI is InChI=1S/C20H23FN10O10P2S2/c21-8-12-7(39-18(8)30-4-26-9-14(22)24-3-25-15(9)30)2-37-43(35,45)41-13-11(32)6(1-36-42(34,44)40-12)38-19(13)31-5-27-10-16(31)28-20(23)29-17(10)33/h3-8,11-13,18-19,32H,1-2H2,(H,34,44)(H,35,45)(H2,22,24,25)(H3,23,28,29,33)/t6?,7-,8-,11-,12-,13-,18-,19-,42?,43?/m1/s1. The second-order valence-electron chi connectivity index (χ2n) is 10.1. The van der Waals surface area contributed by atoms with Gasteiger partial charge in [0, 0.05) is 0 Å². The number of ether oxygens (including phenoxy) is 2. The fraction of sp³-hybridized carbons (Fsp3) is 0.500. The van der Waals surface area contributed by atoms with Crippen LogP contribution in [0.4, 0.5) is 16.2 Å². The van der Waals surface area contributed by atoms with Gasteiger partial charge in [0.15, 0.2) is 41.3 Å². The molecule has 0 radical (unpaired) electrons. The number of alkyl halides is 1. The molecule has 0 aromatic carbocycles. The largest absolute Gasteiger partial charge is 0.387 e. The highest BCUT2D eigenvalue weighted by Gasteiger charge is 2.53. The van der Waals surface area contributed by atoms with Crippen molar-refractivity contribution in [2.24, 2.45) is 0 Å². The van der Waals surface area contributed by atoms with Crippen LogP contribution in [0.25, 0.3) is 22.3 Å². The number of thiol groups is 1. The van der Waals surface area contributed by atoms with Gasteiger partial charge >= 0.3 is 13.5 Å². The topological polar surface area (TPSA) is 272 Å². The third-order valence-corrected chi connectivity index (χ3v) is 10.5. The van der Waals surface area contributed by atoms with Crippen LogP contribution in [0, 0.1) is 0 Å². The SMILES string of the molecule is Nc1nc2c(ncn2[C@@H]2OC3COP(O)(=S)O[C@H]4[C@@H](F)[C@H](n5cnc6c(N)ncnc65)O[C@@H]4COP(=O)(S)O[C@@H]2[C@@H]3O)c(=O)[nH]1. The number of aliphatic hydroxyl groups excluding tert-OH is 1. The molecule has 4 aromatic rings. The van der Waals surface area contributed by atoms with E-state index in [9.17, 15) is 19.4 Å². The average Bonchev–Trinajstić information content (AvgIpc) is 3.72. The Morgan fingerprint density at radius 2 is 1.69 bits per heavy atom. The van der Waals surface area contributed by atoms with Crippen molar-refractivity contribution in [1.82, 2.24) is 39.0 Å². The first-order chi connectivity index (χ1) is 21.3. The van der Waals surface area contributed by atoms with Gasteiger partial charge in [0.1, 0.15) is 42.4 Å². The number of imidazole rings is 2. The molecule has 10 atom stereocenters. The Morgan fingerprint density at radius 3 is 2.47 bits per heavy atom. The van der Waals surface area contributed by atoms with Gasteiger partial charge in [0.2, 0.25) is 5.95 Å². The van der Waals surface area contributed by atoms with Gasteiger partial charge in [-0.15, -0.1) is 0 Å². The lowest BCUT2D eigenvalue weighted by Crippen LogP contribution is -2.35. The van der Waals surface area contributed by atoms with E-state index in [0.717, 1.165) is 6.33 Å². The third kappa shape index (κ3) is 5.55. The van der Waals surface area contributed by atoms with Crippen LogP contribution in [0.1, 0.15) is 12.5 Å². The number of aromatic amines is 1. The zero-order chi connectivity index (χ0) is 31.8. The summed E-state index contributed by atoms with van der Waals surface area (Å²) in [6.45, 7) is -9.92. The molecule has 242 valence electrons. The summed E-state index contributed by atoms with van der Waals surface area (Å²) in [5, 5.41) is 11.1. The molecule has 3 unspecified atom stereocenters. The molecule has 0 amide bonds. The molecule has 3 aliphatic rings. The van der Waals surface area contributed by atoms with E-state index in [1.165, 1.54) is 21.8 Å². The molecular formula is C20H23FN10O10P2S2. The summed E-state index contributed by atoms with van der Waals surface area (Å²) in [5.74, 6) is -0.183. The molecule has 2 bridgehead atoms. The van der Waals surface area contributed by atoms with E-state index in [-0.39, 0.29) is 34.1 Å². The normalized spacial score (nSPS) is 37.7. The number of hydrogen-bond acceptors (Lipinski definition) is 17. The van der Waals surface area contributed by atoms with E-state index < -0.39 is 81.4 Å². The molecule has 0 spiro atoms. The summed E-state index contributed by atoms with van der Waals surface area (Å²) in [5.41, 5.74) is 11.1. The highest BCUT2D eigenvalue weighted by molar-refractivity contribution is 8.44. The van der Waals surface area contributed by atoms with Gasteiger partial charge in [-0.1, -0.05) is 12.2 Å². The van der Waals surface area contributed by atoms with Crippen LogP contribution < -0.4 is 17.0 Å². The highest BCUT2D eigenvalue weighted by atomic mass is 32.7. The molecule has 4 aromatic heterocycles. The summed E-state index contributed by atoms with van der Waals surface area (Å²) in [6, 6.07) is 0. The Hall–Kier alpha value is -2.66. The highest BCUT2D eigenvalue weighted by Crippen LogP contribution is 2.58. The van der Waals surface area contributed by atoms with Crippen molar-refractivity contribution in [3.63, 3.8) is 0 Å². The first kappa shape index (κ1) is 31.0. The number of halogens is 1. The van der Waals surface area contributed by atoms with Crippen molar-refractivity contribution >= 4 is 71.7 Å². The molecule has 20 nitrogen and oxygen atoms in total. The van der Waals surface area contributed by atoms with E-state index in [1.807, 2.05) is 0 Å². The summed E-state index contributed by atoms with van der Waals surface area (Å²) >= 11 is 9.20. The number of nitrogens with one attached hydrogen (secondary N) is 1. The van der Waals surface area contributed by atoms with E-state index in [1.54, 1.807) is 0 Å². The van der Waals surface area contributed by atoms with Crippen LogP contribution in [0.15, 0.2) is 23.8 Å². The second kappa shape index (κ2) is 11.2. The maximum Gasteiger partial charge on any atom is 0.386 e. The van der Waals surface area contributed by atoms with Crippen molar-refractivity contribution in [2.75, 3.05) is 24.7 Å². The van der Waals surface area contributed by atoms with Gasteiger partial charge in [0.05, 0.1) is 25.9 Å². The van der Waals surface area contributed by atoms with Gasteiger partial charge in [0.25, 0.3) is 5.56 Å². The lowest BCUT2D eigenvalue weighted by Gasteiger charge is -2.27. The van der Waals surface area contributed by atoms with Gasteiger partial charge in [-0.3, -0.25) is 32.5 Å². The van der Waals surface area contributed by atoms with Crippen LogP contribution >= 0.6 is 25.8 Å². The molecule has 0 aliphatic carbocycles. The molecule has 45 heavy (non-hydrogen) atoms. The molecule has 7 N–H and O–H groups in total. The third-order valence-electron chi connectivity index (χ3n) is 7.28. The van der Waals surface area contributed by atoms with E-state index in [0.29, 0.717) is 0 Å². The monoisotopic (exact) mass is 708 g/mol. The second-order valence-corrected chi connectivity index (χ2v) is 15.8. The summed E-state index contributed by atoms with van der Waals surface area (Å²) in [4.78, 5) is 45.7. The number of nitrogens with zero attached hydrogens (tertiary/aromatic N) is 7. The quantitative estimate of drug-likeness (QED) is 0.115. The zero-order valence-corrected chi connectivity index (χ0v) is 25.8. The summed E-state index contributed by atoms with van der Waals surface area (Å²) < 4.78 is 65.9. The Balaban J connectivity index is 1.21. The number of hydrogen-bond donors (Lipinski definition) is 6. The Bertz CT molecular complexity index is 1950. The number of rotatable bonds is 2. The molecule has 7 heterocycles. The first-order valence-electron chi connectivity index (χ1n) is 12.9. The van der Waals surface area contributed by atoms with Crippen LogP contribution in [0.2, 0.25) is 0 Å². The predicted molar refractivity (Wildman–Crippen MR) is 156 cm³/mol. The number of anilines is 2.